The van der Waals surface area contributed by atoms with Gasteiger partial charge in [-0.1, -0.05) is 19.1 Å². The van der Waals surface area contributed by atoms with Gasteiger partial charge in [-0.25, -0.2) is 4.98 Å². The lowest BCUT2D eigenvalue weighted by atomic mass is 10.3. The van der Waals surface area contributed by atoms with Gasteiger partial charge in [-0.3, -0.25) is 9.59 Å². The van der Waals surface area contributed by atoms with Crippen molar-refractivity contribution in [2.24, 2.45) is 0 Å². The maximum Gasteiger partial charge on any atom is 0.240 e. The van der Waals surface area contributed by atoms with Crippen LogP contribution in [0.2, 0.25) is 0 Å². The van der Waals surface area contributed by atoms with Gasteiger partial charge >= 0.3 is 0 Å². The number of carbonyl (C=O) groups excluding carboxylic acids is 2. The zero-order chi connectivity index (χ0) is 18.1. The highest BCUT2D eigenvalue weighted by Gasteiger charge is 2.13. The molecule has 2 amide bonds. The van der Waals surface area contributed by atoms with Gasteiger partial charge in [0.1, 0.15) is 12.4 Å². The van der Waals surface area contributed by atoms with Gasteiger partial charge in [0.15, 0.2) is 0 Å². The molecule has 0 aliphatic carbocycles. The Morgan fingerprint density at radius 2 is 1.92 bits per heavy atom. The molecule has 2 aromatic rings. The number of ether oxygens (including phenoxy) is 1. The fourth-order valence-corrected chi connectivity index (χ4v) is 2.58. The molecule has 1 heterocycles. The molecule has 1 aromatic carbocycles. The minimum atomic E-state index is -0.0573. The van der Waals surface area contributed by atoms with Gasteiger partial charge in [0.2, 0.25) is 11.8 Å². The summed E-state index contributed by atoms with van der Waals surface area (Å²) in [6.07, 6.45) is 1.82. The van der Waals surface area contributed by atoms with Crippen molar-refractivity contribution in [3.63, 3.8) is 0 Å². The van der Waals surface area contributed by atoms with Gasteiger partial charge in [0.05, 0.1) is 11.0 Å². The van der Waals surface area contributed by atoms with Crippen LogP contribution in [0.4, 0.5) is 0 Å². The lowest BCUT2D eigenvalue weighted by Gasteiger charge is -2.10. The number of nitrogens with zero attached hydrogens (tertiary/aromatic N) is 2. The highest BCUT2D eigenvalue weighted by molar-refractivity contribution is 5.81. The first-order valence-electron chi connectivity index (χ1n) is 8.62. The van der Waals surface area contributed by atoms with Gasteiger partial charge < -0.3 is 19.9 Å². The van der Waals surface area contributed by atoms with Crippen LogP contribution in [0.3, 0.4) is 0 Å². The Kier molecular flexibility index (Phi) is 7.40. The van der Waals surface area contributed by atoms with Crippen molar-refractivity contribution in [1.82, 2.24) is 20.2 Å². The number of rotatable bonds is 10. The first-order chi connectivity index (χ1) is 12.2. The third kappa shape index (κ3) is 5.56. The quantitative estimate of drug-likeness (QED) is 0.634. The van der Waals surface area contributed by atoms with E-state index in [0.717, 1.165) is 23.3 Å². The molecule has 0 fully saturated rings. The van der Waals surface area contributed by atoms with Crippen LogP contribution in [0, 0.1) is 0 Å². The third-order valence-corrected chi connectivity index (χ3v) is 3.87. The van der Waals surface area contributed by atoms with E-state index < -0.39 is 0 Å². The summed E-state index contributed by atoms with van der Waals surface area (Å²) in [6, 6.07) is 7.73. The van der Waals surface area contributed by atoms with Gasteiger partial charge in [-0.2, -0.15) is 0 Å². The van der Waals surface area contributed by atoms with Crippen LogP contribution in [0.25, 0.3) is 11.0 Å². The van der Waals surface area contributed by atoms with Crippen LogP contribution in [0.15, 0.2) is 24.3 Å². The Labute approximate surface area is 147 Å². The maximum absolute atomic E-state index is 12.2. The molecule has 0 saturated heterocycles. The molecule has 136 valence electrons. The number of benzene rings is 1. The summed E-state index contributed by atoms with van der Waals surface area (Å²) in [5.41, 5.74) is 1.78. The van der Waals surface area contributed by atoms with E-state index in [2.05, 4.69) is 15.6 Å². The second-order valence-corrected chi connectivity index (χ2v) is 5.75. The molecule has 0 unspecified atom stereocenters. The Bertz CT molecular complexity index is 711. The highest BCUT2D eigenvalue weighted by atomic mass is 16.5. The molecule has 0 bridgehead atoms. The van der Waals surface area contributed by atoms with Crippen LogP contribution >= 0.6 is 0 Å². The van der Waals surface area contributed by atoms with Crippen LogP contribution in [0.5, 0.6) is 0 Å². The van der Waals surface area contributed by atoms with Gasteiger partial charge in [-0.05, 0) is 18.6 Å². The molecule has 0 atom stereocenters. The van der Waals surface area contributed by atoms with Crippen LogP contribution in [0.1, 0.15) is 25.6 Å². The molecule has 2 rings (SSSR count). The number of aromatic nitrogens is 2. The summed E-state index contributed by atoms with van der Waals surface area (Å²) in [7, 11) is 1.64. The largest absolute Gasteiger partial charge is 0.385 e. The lowest BCUT2D eigenvalue weighted by molar-refractivity contribution is -0.122. The highest BCUT2D eigenvalue weighted by Crippen LogP contribution is 2.16. The first kappa shape index (κ1) is 18.9. The SMILES string of the molecule is CCC(=O)NCCc1nc2ccccc2n1CC(=O)NCCCOC. The fraction of sp³-hybridized carbons (Fsp3) is 0.500. The second kappa shape index (κ2) is 9.78. The van der Waals surface area contributed by atoms with Crippen LogP contribution < -0.4 is 10.6 Å². The molecule has 25 heavy (non-hydrogen) atoms. The second-order valence-electron chi connectivity index (χ2n) is 5.75. The van der Waals surface area contributed by atoms with Crippen molar-refractivity contribution >= 4 is 22.8 Å². The standard InChI is InChI=1S/C18H26N4O3/c1-3-17(23)20-11-9-16-21-14-7-4-5-8-15(14)22(16)13-18(24)19-10-6-12-25-2/h4-5,7-8H,3,6,9-13H2,1-2H3,(H,19,24)(H,20,23). The van der Waals surface area contributed by atoms with Crippen LogP contribution in [-0.2, 0) is 27.3 Å². The third-order valence-electron chi connectivity index (χ3n) is 3.87. The zero-order valence-electron chi connectivity index (χ0n) is 14.9. The molecule has 0 aliphatic heterocycles. The molecule has 0 aliphatic rings. The summed E-state index contributed by atoms with van der Waals surface area (Å²) in [5.74, 6) is 0.751. The molecule has 0 spiro atoms. The molecule has 0 radical (unpaired) electrons. The van der Waals surface area contributed by atoms with E-state index in [1.54, 1.807) is 7.11 Å². The topological polar surface area (TPSA) is 85.2 Å². The average Bonchev–Trinajstić information content (AvgIpc) is 2.96. The van der Waals surface area contributed by atoms with E-state index in [-0.39, 0.29) is 18.4 Å². The number of carbonyl (C=O) groups is 2. The Morgan fingerprint density at radius 3 is 2.68 bits per heavy atom. The van der Waals surface area contributed by atoms with E-state index >= 15 is 0 Å². The number of hydrogen-bond acceptors (Lipinski definition) is 4. The van der Waals surface area contributed by atoms with Crippen molar-refractivity contribution in [2.75, 3.05) is 26.8 Å². The summed E-state index contributed by atoms with van der Waals surface area (Å²) in [6.45, 7) is 3.74. The van der Waals surface area contributed by atoms with Gasteiger partial charge in [0.25, 0.3) is 0 Å². The molecule has 7 heteroatoms. The first-order valence-corrected chi connectivity index (χ1v) is 8.62. The Balaban J connectivity index is 2.06. The van der Waals surface area contributed by atoms with E-state index in [1.165, 1.54) is 0 Å². The predicted octanol–water partition coefficient (Wildman–Crippen LogP) is 1.26. The number of fused-ring (bicyclic) bond motifs is 1. The fourth-order valence-electron chi connectivity index (χ4n) is 2.58. The Hall–Kier alpha value is -2.41. The van der Waals surface area contributed by atoms with Crippen molar-refractivity contribution < 1.29 is 14.3 Å². The van der Waals surface area contributed by atoms with E-state index in [9.17, 15) is 9.59 Å². The molecule has 1 aromatic heterocycles. The smallest absolute Gasteiger partial charge is 0.240 e. The average molecular weight is 346 g/mol. The molecular weight excluding hydrogens is 320 g/mol. The minimum absolute atomic E-state index is 0.0125. The van der Waals surface area contributed by atoms with E-state index in [4.69, 9.17) is 4.74 Å². The number of imidazole rings is 1. The summed E-state index contributed by atoms with van der Waals surface area (Å²) >= 11 is 0. The number of nitrogens with one attached hydrogen (secondary N) is 2. The van der Waals surface area contributed by atoms with Crippen molar-refractivity contribution in [1.29, 1.82) is 0 Å². The molecule has 0 saturated carbocycles. The zero-order valence-corrected chi connectivity index (χ0v) is 14.9. The van der Waals surface area contributed by atoms with Crippen molar-refractivity contribution in [3.05, 3.63) is 30.1 Å². The Morgan fingerprint density at radius 1 is 1.16 bits per heavy atom. The monoisotopic (exact) mass is 346 g/mol. The number of methoxy groups -OCH3 is 1. The number of hydrogen-bond donors (Lipinski definition) is 2. The van der Waals surface area contributed by atoms with Crippen LogP contribution in [-0.4, -0.2) is 48.2 Å². The minimum Gasteiger partial charge on any atom is -0.385 e. The van der Waals surface area contributed by atoms with E-state index in [0.29, 0.717) is 32.5 Å². The van der Waals surface area contributed by atoms with Gasteiger partial charge in [0, 0.05) is 39.6 Å². The molecule has 7 nitrogen and oxygen atoms in total. The number of para-hydroxylation sites is 2. The van der Waals surface area contributed by atoms with Crippen molar-refractivity contribution in [2.45, 2.75) is 32.7 Å². The number of amides is 2. The van der Waals surface area contributed by atoms with E-state index in [1.807, 2.05) is 35.8 Å². The predicted molar refractivity (Wildman–Crippen MR) is 96.2 cm³/mol. The maximum atomic E-state index is 12.2. The summed E-state index contributed by atoms with van der Waals surface area (Å²) in [5, 5.41) is 5.74. The lowest BCUT2D eigenvalue weighted by Crippen LogP contribution is -2.30. The van der Waals surface area contributed by atoms with Crippen molar-refractivity contribution in [3.8, 4) is 0 Å². The molecular formula is C18H26N4O3. The summed E-state index contributed by atoms with van der Waals surface area (Å²) in [4.78, 5) is 28.2. The summed E-state index contributed by atoms with van der Waals surface area (Å²) < 4.78 is 6.89. The van der Waals surface area contributed by atoms with Gasteiger partial charge in [-0.15, -0.1) is 0 Å². The normalized spacial score (nSPS) is 10.8. The molecule has 2 N–H and O–H groups in total.